The first-order chi connectivity index (χ1) is 13.6. The smallest absolute Gasteiger partial charge is 0.158 e. The van der Waals surface area contributed by atoms with Gasteiger partial charge in [0.05, 0.1) is 30.3 Å². The number of nitrogens with zero attached hydrogens (tertiary/aromatic N) is 2. The van der Waals surface area contributed by atoms with Gasteiger partial charge in [-0.15, -0.1) is 0 Å². The predicted octanol–water partition coefficient (Wildman–Crippen LogP) is 5.11. The highest BCUT2D eigenvalue weighted by molar-refractivity contribution is 5.67. The van der Waals surface area contributed by atoms with Gasteiger partial charge in [0.15, 0.2) is 6.29 Å². The number of benzene rings is 2. The van der Waals surface area contributed by atoms with E-state index in [0.29, 0.717) is 13.2 Å². The molecule has 0 spiro atoms. The van der Waals surface area contributed by atoms with Crippen molar-refractivity contribution >= 4 is 0 Å². The van der Waals surface area contributed by atoms with Gasteiger partial charge in [-0.3, -0.25) is 0 Å². The topological polar surface area (TPSA) is 36.3 Å². The summed E-state index contributed by atoms with van der Waals surface area (Å²) in [5.41, 5.74) is 5.18. The van der Waals surface area contributed by atoms with Gasteiger partial charge in [0.1, 0.15) is 5.82 Å². The summed E-state index contributed by atoms with van der Waals surface area (Å²) in [5.74, 6) is 0.0255. The third-order valence-electron chi connectivity index (χ3n) is 5.00. The van der Waals surface area contributed by atoms with E-state index in [1.54, 1.807) is 0 Å². The van der Waals surface area contributed by atoms with Crippen molar-refractivity contribution in [2.75, 3.05) is 13.2 Å². The molecule has 1 aliphatic heterocycles. The van der Waals surface area contributed by atoms with E-state index in [2.05, 4.69) is 13.8 Å². The molecule has 0 N–H and O–H groups in total. The van der Waals surface area contributed by atoms with Crippen molar-refractivity contribution in [2.45, 2.75) is 38.9 Å². The molecule has 28 heavy (non-hydrogen) atoms. The van der Waals surface area contributed by atoms with Crippen molar-refractivity contribution in [3.05, 3.63) is 71.7 Å². The molecule has 0 atom stereocenters. The highest BCUT2D eigenvalue weighted by Gasteiger charge is 2.24. The van der Waals surface area contributed by atoms with Gasteiger partial charge in [-0.05, 0) is 48.7 Å². The molecule has 1 aliphatic rings. The van der Waals surface area contributed by atoms with Crippen LogP contribution in [0.25, 0.3) is 16.9 Å². The number of rotatable bonds is 6. The van der Waals surface area contributed by atoms with E-state index in [1.807, 2.05) is 47.1 Å². The summed E-state index contributed by atoms with van der Waals surface area (Å²) in [6, 6.07) is 16.7. The molecule has 3 aromatic rings. The van der Waals surface area contributed by atoms with Crippen LogP contribution in [0.2, 0.25) is 0 Å². The third-order valence-corrected chi connectivity index (χ3v) is 5.00. The molecule has 2 aromatic carbocycles. The summed E-state index contributed by atoms with van der Waals surface area (Å²) in [7, 11) is 0. The van der Waals surface area contributed by atoms with E-state index in [4.69, 9.17) is 14.6 Å². The van der Waals surface area contributed by atoms with Crippen LogP contribution in [0.4, 0.5) is 4.39 Å². The molecule has 1 aromatic heterocycles. The normalized spacial score (nSPS) is 14.9. The summed E-state index contributed by atoms with van der Waals surface area (Å²) >= 11 is 0. The molecule has 0 bridgehead atoms. The molecule has 0 unspecified atom stereocenters. The minimum absolute atomic E-state index is 0.166. The molecule has 5 heteroatoms. The quantitative estimate of drug-likeness (QED) is 0.596. The van der Waals surface area contributed by atoms with Crippen molar-refractivity contribution in [3.8, 4) is 16.9 Å². The molecular formula is C23H25FN2O2. The molecular weight excluding hydrogens is 355 g/mol. The molecule has 0 saturated carbocycles. The number of halogens is 1. The van der Waals surface area contributed by atoms with E-state index in [9.17, 15) is 4.39 Å². The van der Waals surface area contributed by atoms with Crippen LogP contribution in [-0.4, -0.2) is 29.3 Å². The van der Waals surface area contributed by atoms with Crippen LogP contribution in [0.5, 0.6) is 0 Å². The first-order valence-corrected chi connectivity index (χ1v) is 9.80. The van der Waals surface area contributed by atoms with Gasteiger partial charge in [-0.25, -0.2) is 9.07 Å². The standard InChI is InChI=1S/C23H25FN2O2/c1-16(2)22-20(12-13-21-27-14-15-28-21)23(17-8-10-18(24)11-9-17)26(25-22)19-6-4-3-5-7-19/h3-11,16,21H,12-15H2,1-2H3. The number of hydrogen-bond donors (Lipinski definition) is 0. The van der Waals surface area contributed by atoms with Gasteiger partial charge in [0, 0.05) is 17.5 Å². The summed E-state index contributed by atoms with van der Waals surface area (Å²) in [6.07, 6.45) is 1.40. The van der Waals surface area contributed by atoms with Crippen LogP contribution >= 0.6 is 0 Å². The molecule has 0 aliphatic carbocycles. The Morgan fingerprint density at radius 2 is 1.71 bits per heavy atom. The Kier molecular flexibility index (Phi) is 5.55. The van der Waals surface area contributed by atoms with Crippen molar-refractivity contribution in [3.63, 3.8) is 0 Å². The van der Waals surface area contributed by atoms with Crippen LogP contribution in [-0.2, 0) is 15.9 Å². The van der Waals surface area contributed by atoms with E-state index in [-0.39, 0.29) is 18.0 Å². The second-order valence-electron chi connectivity index (χ2n) is 7.33. The Morgan fingerprint density at radius 1 is 1.04 bits per heavy atom. The van der Waals surface area contributed by atoms with Crippen LogP contribution in [0.15, 0.2) is 54.6 Å². The highest BCUT2D eigenvalue weighted by atomic mass is 19.1. The fourth-order valence-electron chi connectivity index (χ4n) is 3.67. The highest BCUT2D eigenvalue weighted by Crippen LogP contribution is 2.34. The zero-order chi connectivity index (χ0) is 19.5. The lowest BCUT2D eigenvalue weighted by Crippen LogP contribution is -2.10. The lowest BCUT2D eigenvalue weighted by molar-refractivity contribution is -0.0462. The average Bonchev–Trinajstić information content (AvgIpc) is 3.35. The first-order valence-electron chi connectivity index (χ1n) is 9.80. The van der Waals surface area contributed by atoms with Crippen LogP contribution in [0.1, 0.15) is 37.4 Å². The summed E-state index contributed by atoms with van der Waals surface area (Å²) < 4.78 is 26.8. The van der Waals surface area contributed by atoms with E-state index in [0.717, 1.165) is 35.5 Å². The minimum Gasteiger partial charge on any atom is -0.350 e. The Bertz CT molecular complexity index is 914. The van der Waals surface area contributed by atoms with Gasteiger partial charge in [0.25, 0.3) is 0 Å². The molecule has 4 rings (SSSR count). The Hall–Kier alpha value is -2.50. The molecule has 0 amide bonds. The van der Waals surface area contributed by atoms with E-state index in [1.165, 1.54) is 17.7 Å². The minimum atomic E-state index is -0.243. The van der Waals surface area contributed by atoms with Crippen molar-refractivity contribution in [1.29, 1.82) is 0 Å². The van der Waals surface area contributed by atoms with Crippen molar-refractivity contribution in [2.24, 2.45) is 0 Å². The van der Waals surface area contributed by atoms with E-state index < -0.39 is 0 Å². The predicted molar refractivity (Wildman–Crippen MR) is 107 cm³/mol. The third kappa shape index (κ3) is 3.86. The number of aromatic nitrogens is 2. The second kappa shape index (κ2) is 8.25. The average molecular weight is 380 g/mol. The molecule has 1 fully saturated rings. The van der Waals surface area contributed by atoms with Gasteiger partial charge < -0.3 is 9.47 Å². The second-order valence-corrected chi connectivity index (χ2v) is 7.33. The lowest BCUT2D eigenvalue weighted by Gasteiger charge is -2.13. The summed E-state index contributed by atoms with van der Waals surface area (Å²) in [6.45, 7) is 5.60. The van der Waals surface area contributed by atoms with E-state index >= 15 is 0 Å². The Balaban J connectivity index is 1.83. The summed E-state index contributed by atoms with van der Waals surface area (Å²) in [5, 5.41) is 4.97. The Morgan fingerprint density at radius 3 is 2.36 bits per heavy atom. The van der Waals surface area contributed by atoms with Gasteiger partial charge in [-0.1, -0.05) is 32.0 Å². The zero-order valence-corrected chi connectivity index (χ0v) is 16.3. The van der Waals surface area contributed by atoms with Crippen molar-refractivity contribution in [1.82, 2.24) is 9.78 Å². The Labute approximate surface area is 164 Å². The molecule has 146 valence electrons. The fraction of sp³-hybridized carbons (Fsp3) is 0.348. The molecule has 2 heterocycles. The fourth-order valence-corrected chi connectivity index (χ4v) is 3.67. The van der Waals surface area contributed by atoms with Gasteiger partial charge >= 0.3 is 0 Å². The van der Waals surface area contributed by atoms with Crippen molar-refractivity contribution < 1.29 is 13.9 Å². The maximum Gasteiger partial charge on any atom is 0.158 e. The zero-order valence-electron chi connectivity index (χ0n) is 16.3. The van der Waals surface area contributed by atoms with Gasteiger partial charge in [-0.2, -0.15) is 5.10 Å². The maximum absolute atomic E-state index is 13.6. The SMILES string of the molecule is CC(C)c1nn(-c2ccccc2)c(-c2ccc(F)cc2)c1CCC1OCCO1. The summed E-state index contributed by atoms with van der Waals surface area (Å²) in [4.78, 5) is 0. The van der Waals surface area contributed by atoms with Crippen LogP contribution < -0.4 is 0 Å². The van der Waals surface area contributed by atoms with Gasteiger partial charge in [0.2, 0.25) is 0 Å². The number of hydrogen-bond acceptors (Lipinski definition) is 3. The lowest BCUT2D eigenvalue weighted by atomic mass is 9.96. The molecule has 0 radical (unpaired) electrons. The van der Waals surface area contributed by atoms with Crippen LogP contribution in [0.3, 0.4) is 0 Å². The number of ether oxygens (including phenoxy) is 2. The monoisotopic (exact) mass is 380 g/mol. The first kappa shape index (κ1) is 18.8. The van der Waals surface area contributed by atoms with Crippen LogP contribution in [0, 0.1) is 5.82 Å². The maximum atomic E-state index is 13.6. The molecule has 1 saturated heterocycles. The largest absolute Gasteiger partial charge is 0.350 e. The number of para-hydroxylation sites is 1. The molecule has 4 nitrogen and oxygen atoms in total.